The van der Waals surface area contributed by atoms with E-state index in [-0.39, 0.29) is 54.1 Å². The van der Waals surface area contributed by atoms with Crippen LogP contribution in [0.5, 0.6) is 5.75 Å². The number of hydrogen-bond acceptors (Lipinski definition) is 3. The van der Waals surface area contributed by atoms with Crippen molar-refractivity contribution in [3.05, 3.63) is 24.3 Å². The number of halogens is 4. The smallest absolute Gasteiger partial charge is 0.406 e. The van der Waals surface area contributed by atoms with Crippen LogP contribution >= 0.6 is 24.0 Å². The number of aliphatic imine (C=N–C) groups is 1. The summed E-state index contributed by atoms with van der Waals surface area (Å²) in [6, 6.07) is 5.08. The number of benzene rings is 1. The summed E-state index contributed by atoms with van der Waals surface area (Å²) < 4.78 is 39.8. The molecule has 6 nitrogen and oxygen atoms in total. The van der Waals surface area contributed by atoms with Gasteiger partial charge >= 0.3 is 6.36 Å². The summed E-state index contributed by atoms with van der Waals surface area (Å²) in [7, 11) is 0. The number of anilines is 1. The second-order valence-corrected chi connectivity index (χ2v) is 4.91. The molecule has 0 saturated carbocycles. The van der Waals surface area contributed by atoms with Gasteiger partial charge in [-0.2, -0.15) is 0 Å². The van der Waals surface area contributed by atoms with E-state index < -0.39 is 6.36 Å². The molecule has 0 radical (unpaired) electrons. The molecule has 1 aromatic carbocycles. The molecular formula is C14H20F3IN4O2. The van der Waals surface area contributed by atoms with Gasteiger partial charge in [0.1, 0.15) is 5.75 Å². The maximum atomic E-state index is 12.0. The SMILES string of the molecule is CC(C)C(=O)NCCN=C(N)Nc1ccc(OC(F)(F)F)cc1.I. The average Bonchev–Trinajstić information content (AvgIpc) is 2.43. The molecule has 136 valence electrons. The van der Waals surface area contributed by atoms with Gasteiger partial charge in [0.15, 0.2) is 5.96 Å². The first-order valence-corrected chi connectivity index (χ1v) is 6.88. The molecule has 1 aromatic rings. The first-order chi connectivity index (χ1) is 10.7. The predicted octanol–water partition coefficient (Wildman–Crippen LogP) is 2.70. The molecule has 10 heteroatoms. The molecular weight excluding hydrogens is 440 g/mol. The van der Waals surface area contributed by atoms with Crippen molar-refractivity contribution in [3.8, 4) is 5.75 Å². The molecule has 0 aliphatic heterocycles. The largest absolute Gasteiger partial charge is 0.573 e. The number of alkyl halides is 3. The van der Waals surface area contributed by atoms with E-state index in [4.69, 9.17) is 5.73 Å². The Bertz CT molecular complexity index is 548. The molecule has 0 aliphatic rings. The Hall–Kier alpha value is -1.72. The Balaban J connectivity index is 0.00000529. The van der Waals surface area contributed by atoms with Gasteiger partial charge in [-0.1, -0.05) is 13.8 Å². The third kappa shape index (κ3) is 9.43. The molecule has 1 rings (SSSR count). The summed E-state index contributed by atoms with van der Waals surface area (Å²) in [5, 5.41) is 5.40. The lowest BCUT2D eigenvalue weighted by Gasteiger charge is -2.10. The van der Waals surface area contributed by atoms with Gasteiger partial charge in [-0.25, -0.2) is 0 Å². The Labute approximate surface area is 155 Å². The number of guanidine groups is 1. The van der Waals surface area contributed by atoms with Crippen LogP contribution in [0.1, 0.15) is 13.8 Å². The summed E-state index contributed by atoms with van der Waals surface area (Å²) in [6.07, 6.45) is -4.73. The summed E-state index contributed by atoms with van der Waals surface area (Å²) in [5.41, 5.74) is 6.10. The van der Waals surface area contributed by atoms with Gasteiger partial charge in [0.25, 0.3) is 0 Å². The first-order valence-electron chi connectivity index (χ1n) is 6.88. The zero-order valence-corrected chi connectivity index (χ0v) is 15.5. The predicted molar refractivity (Wildman–Crippen MR) is 96.5 cm³/mol. The van der Waals surface area contributed by atoms with Gasteiger partial charge in [-0.15, -0.1) is 37.1 Å². The first kappa shape index (κ1) is 22.3. The lowest BCUT2D eigenvalue weighted by Crippen LogP contribution is -2.31. The minimum absolute atomic E-state index is 0. The number of amides is 1. The van der Waals surface area contributed by atoms with Crippen molar-refractivity contribution in [3.63, 3.8) is 0 Å². The highest BCUT2D eigenvalue weighted by atomic mass is 127. The zero-order chi connectivity index (χ0) is 17.5. The summed E-state index contributed by atoms with van der Waals surface area (Å²) >= 11 is 0. The van der Waals surface area contributed by atoms with Gasteiger partial charge in [-0.05, 0) is 24.3 Å². The lowest BCUT2D eigenvalue weighted by atomic mass is 10.2. The van der Waals surface area contributed by atoms with Crippen molar-refractivity contribution in [2.45, 2.75) is 20.2 Å². The fraction of sp³-hybridized carbons (Fsp3) is 0.429. The van der Waals surface area contributed by atoms with E-state index in [1.165, 1.54) is 12.1 Å². The van der Waals surface area contributed by atoms with Gasteiger partial charge in [0.05, 0.1) is 6.54 Å². The van der Waals surface area contributed by atoms with Crippen LogP contribution in [-0.2, 0) is 4.79 Å². The molecule has 0 heterocycles. The quantitative estimate of drug-likeness (QED) is 0.264. The molecule has 1 amide bonds. The van der Waals surface area contributed by atoms with Crippen LogP contribution in [0.2, 0.25) is 0 Å². The maximum absolute atomic E-state index is 12.0. The molecule has 0 aromatic heterocycles. The van der Waals surface area contributed by atoms with Crippen LogP contribution in [0.25, 0.3) is 0 Å². The van der Waals surface area contributed by atoms with Crippen LogP contribution in [-0.4, -0.2) is 31.3 Å². The molecule has 4 N–H and O–H groups in total. The van der Waals surface area contributed by atoms with E-state index in [0.29, 0.717) is 12.2 Å². The number of nitrogens with zero attached hydrogens (tertiary/aromatic N) is 1. The molecule has 0 saturated heterocycles. The number of nitrogens with one attached hydrogen (secondary N) is 2. The molecule has 0 bridgehead atoms. The Morgan fingerprint density at radius 1 is 1.29 bits per heavy atom. The van der Waals surface area contributed by atoms with Gasteiger partial charge in [-0.3, -0.25) is 9.79 Å². The molecule has 0 unspecified atom stereocenters. The number of rotatable bonds is 6. The number of carbonyl (C=O) groups excluding carboxylic acids is 1. The number of nitrogens with two attached hydrogens (primary N) is 1. The Morgan fingerprint density at radius 2 is 1.88 bits per heavy atom. The molecule has 0 aliphatic carbocycles. The van der Waals surface area contributed by atoms with Crippen molar-refractivity contribution < 1.29 is 22.7 Å². The highest BCUT2D eigenvalue weighted by Crippen LogP contribution is 2.23. The van der Waals surface area contributed by atoms with E-state index in [1.54, 1.807) is 13.8 Å². The second kappa shape index (κ2) is 10.2. The Kier molecular flexibility index (Phi) is 9.48. The number of ether oxygens (including phenoxy) is 1. The van der Waals surface area contributed by atoms with Gasteiger partial charge < -0.3 is 21.1 Å². The van der Waals surface area contributed by atoms with Crippen molar-refractivity contribution in [2.75, 3.05) is 18.4 Å². The van der Waals surface area contributed by atoms with Crippen LogP contribution in [0, 0.1) is 5.92 Å². The monoisotopic (exact) mass is 460 g/mol. The van der Waals surface area contributed by atoms with Gasteiger partial charge in [0, 0.05) is 18.2 Å². The third-order valence-electron chi connectivity index (χ3n) is 2.58. The normalized spacial score (nSPS) is 11.7. The number of hydrogen-bond donors (Lipinski definition) is 3. The zero-order valence-electron chi connectivity index (χ0n) is 13.2. The van der Waals surface area contributed by atoms with Crippen molar-refractivity contribution in [1.82, 2.24) is 5.32 Å². The third-order valence-corrected chi connectivity index (χ3v) is 2.58. The number of carbonyl (C=O) groups is 1. The second-order valence-electron chi connectivity index (χ2n) is 4.91. The van der Waals surface area contributed by atoms with E-state index in [1.807, 2.05) is 0 Å². The topological polar surface area (TPSA) is 88.7 Å². The van der Waals surface area contributed by atoms with E-state index in [2.05, 4.69) is 20.4 Å². The van der Waals surface area contributed by atoms with Crippen LogP contribution in [0.15, 0.2) is 29.3 Å². The van der Waals surface area contributed by atoms with Crippen molar-refractivity contribution in [1.29, 1.82) is 0 Å². The summed E-state index contributed by atoms with van der Waals surface area (Å²) in [6.45, 7) is 4.19. The fourth-order valence-electron chi connectivity index (χ4n) is 1.49. The van der Waals surface area contributed by atoms with Crippen LogP contribution in [0.3, 0.4) is 0 Å². The minimum atomic E-state index is -4.73. The highest BCUT2D eigenvalue weighted by Gasteiger charge is 2.30. The molecule has 0 spiro atoms. The molecule has 0 fully saturated rings. The summed E-state index contributed by atoms with van der Waals surface area (Å²) in [5.74, 6) is -0.415. The lowest BCUT2D eigenvalue weighted by molar-refractivity contribution is -0.274. The average molecular weight is 460 g/mol. The van der Waals surface area contributed by atoms with Crippen molar-refractivity contribution >= 4 is 41.5 Å². The summed E-state index contributed by atoms with van der Waals surface area (Å²) in [4.78, 5) is 15.3. The maximum Gasteiger partial charge on any atom is 0.573 e. The van der Waals surface area contributed by atoms with E-state index in [0.717, 1.165) is 12.1 Å². The Morgan fingerprint density at radius 3 is 2.38 bits per heavy atom. The van der Waals surface area contributed by atoms with E-state index >= 15 is 0 Å². The van der Waals surface area contributed by atoms with Crippen molar-refractivity contribution in [2.24, 2.45) is 16.6 Å². The molecule has 24 heavy (non-hydrogen) atoms. The van der Waals surface area contributed by atoms with Crippen LogP contribution < -0.4 is 21.1 Å². The minimum Gasteiger partial charge on any atom is -0.406 e. The van der Waals surface area contributed by atoms with Gasteiger partial charge in [0.2, 0.25) is 5.91 Å². The van der Waals surface area contributed by atoms with E-state index in [9.17, 15) is 18.0 Å². The standard InChI is InChI=1S/C14H19F3N4O2.HI/c1-9(2)12(22)19-7-8-20-13(18)21-10-3-5-11(6-4-10)23-14(15,16)17;/h3-6,9H,7-8H2,1-2H3,(H,19,22)(H3,18,20,21);1H. The fourth-order valence-corrected chi connectivity index (χ4v) is 1.49. The molecule has 0 atom stereocenters. The highest BCUT2D eigenvalue weighted by molar-refractivity contribution is 14.0. The van der Waals surface area contributed by atoms with Crippen LogP contribution in [0.4, 0.5) is 18.9 Å².